The minimum Gasteiger partial charge on any atom is -0.391 e. The number of nitrogens with zero attached hydrogens (tertiary/aromatic N) is 2. The zero-order valence-electron chi connectivity index (χ0n) is 12.7. The Morgan fingerprint density at radius 2 is 2.00 bits per heavy atom. The van der Waals surface area contributed by atoms with Gasteiger partial charge >= 0.3 is 0 Å². The van der Waals surface area contributed by atoms with Crippen LogP contribution in [0, 0.1) is 0 Å². The SMILES string of the molecule is CCN(CC)C1(C(O)Cc2ccnc(N)c2)CCCC1. The summed E-state index contributed by atoms with van der Waals surface area (Å²) in [5, 5.41) is 10.9. The first-order valence-corrected chi connectivity index (χ1v) is 7.76. The molecule has 0 aliphatic heterocycles. The number of anilines is 1. The van der Waals surface area contributed by atoms with Crippen LogP contribution in [0.15, 0.2) is 18.3 Å². The molecule has 0 bridgehead atoms. The zero-order valence-corrected chi connectivity index (χ0v) is 12.7. The zero-order chi connectivity index (χ0) is 14.6. The summed E-state index contributed by atoms with van der Waals surface area (Å²) >= 11 is 0. The number of aliphatic hydroxyl groups is 1. The van der Waals surface area contributed by atoms with Gasteiger partial charge in [-0.3, -0.25) is 4.90 Å². The smallest absolute Gasteiger partial charge is 0.123 e. The fraction of sp³-hybridized carbons (Fsp3) is 0.688. The Labute approximate surface area is 122 Å². The first kappa shape index (κ1) is 15.3. The van der Waals surface area contributed by atoms with Gasteiger partial charge in [-0.25, -0.2) is 4.98 Å². The minimum absolute atomic E-state index is 0.0540. The van der Waals surface area contributed by atoms with E-state index < -0.39 is 0 Å². The summed E-state index contributed by atoms with van der Waals surface area (Å²) in [6.07, 6.45) is 6.65. The second kappa shape index (κ2) is 6.55. The molecular formula is C16H27N3O. The molecule has 4 nitrogen and oxygen atoms in total. The molecular weight excluding hydrogens is 250 g/mol. The molecule has 20 heavy (non-hydrogen) atoms. The monoisotopic (exact) mass is 277 g/mol. The summed E-state index contributed by atoms with van der Waals surface area (Å²) in [6.45, 7) is 6.35. The molecule has 112 valence electrons. The Kier molecular flexibility index (Phi) is 5.00. The summed E-state index contributed by atoms with van der Waals surface area (Å²) in [5.74, 6) is 0.526. The standard InChI is InChI=1S/C16H27N3O/c1-3-19(4-2)16(8-5-6-9-16)14(20)11-13-7-10-18-15(17)12-13/h7,10,12,14,20H,3-6,8-9,11H2,1-2H3,(H2,17,18). The Hall–Kier alpha value is -1.13. The molecule has 1 heterocycles. The quantitative estimate of drug-likeness (QED) is 0.837. The van der Waals surface area contributed by atoms with Crippen LogP contribution in [0.5, 0.6) is 0 Å². The second-order valence-electron chi connectivity index (χ2n) is 5.79. The fourth-order valence-corrected chi connectivity index (χ4v) is 3.74. The average Bonchev–Trinajstić information content (AvgIpc) is 2.91. The third-order valence-electron chi connectivity index (χ3n) is 4.76. The molecule has 0 aromatic carbocycles. The number of pyridine rings is 1. The van der Waals surface area contributed by atoms with E-state index in [1.165, 1.54) is 12.8 Å². The first-order chi connectivity index (χ1) is 9.62. The number of aromatic nitrogens is 1. The van der Waals surface area contributed by atoms with Crippen LogP contribution in [0.1, 0.15) is 45.1 Å². The maximum Gasteiger partial charge on any atom is 0.123 e. The van der Waals surface area contributed by atoms with Gasteiger partial charge in [-0.1, -0.05) is 26.7 Å². The van der Waals surface area contributed by atoms with Crippen LogP contribution < -0.4 is 5.73 Å². The summed E-state index contributed by atoms with van der Waals surface area (Å²) in [5.41, 5.74) is 6.75. The number of rotatable bonds is 6. The van der Waals surface area contributed by atoms with Crippen molar-refractivity contribution < 1.29 is 5.11 Å². The first-order valence-electron chi connectivity index (χ1n) is 7.76. The lowest BCUT2D eigenvalue weighted by molar-refractivity contribution is -0.0244. The van der Waals surface area contributed by atoms with E-state index in [0.717, 1.165) is 31.5 Å². The van der Waals surface area contributed by atoms with Crippen LogP contribution in [0.4, 0.5) is 5.82 Å². The van der Waals surface area contributed by atoms with Crippen LogP contribution in [0.2, 0.25) is 0 Å². The molecule has 1 aromatic rings. The van der Waals surface area contributed by atoms with Gasteiger partial charge in [0.15, 0.2) is 0 Å². The summed E-state index contributed by atoms with van der Waals surface area (Å²) in [7, 11) is 0. The van der Waals surface area contributed by atoms with E-state index in [0.29, 0.717) is 12.2 Å². The van der Waals surface area contributed by atoms with E-state index in [-0.39, 0.29) is 11.6 Å². The van der Waals surface area contributed by atoms with Crippen molar-refractivity contribution in [2.75, 3.05) is 18.8 Å². The maximum absolute atomic E-state index is 10.9. The third-order valence-corrected chi connectivity index (χ3v) is 4.76. The van der Waals surface area contributed by atoms with E-state index in [2.05, 4.69) is 23.7 Å². The number of aliphatic hydroxyl groups excluding tert-OH is 1. The van der Waals surface area contributed by atoms with Gasteiger partial charge in [0.05, 0.1) is 6.10 Å². The van der Waals surface area contributed by atoms with Crippen LogP contribution in [-0.4, -0.2) is 39.7 Å². The summed E-state index contributed by atoms with van der Waals surface area (Å²) < 4.78 is 0. The van der Waals surface area contributed by atoms with E-state index in [1.54, 1.807) is 6.20 Å². The van der Waals surface area contributed by atoms with Crippen LogP contribution in [-0.2, 0) is 6.42 Å². The third kappa shape index (κ3) is 2.96. The van der Waals surface area contributed by atoms with E-state index in [1.807, 2.05) is 12.1 Å². The van der Waals surface area contributed by atoms with E-state index in [9.17, 15) is 5.11 Å². The fourth-order valence-electron chi connectivity index (χ4n) is 3.74. The van der Waals surface area contributed by atoms with Crippen LogP contribution in [0.25, 0.3) is 0 Å². The van der Waals surface area contributed by atoms with Crippen LogP contribution in [0.3, 0.4) is 0 Å². The molecule has 1 saturated carbocycles. The van der Waals surface area contributed by atoms with E-state index >= 15 is 0 Å². The number of likely N-dealkylation sites (N-methyl/N-ethyl adjacent to an activating group) is 1. The number of nitrogens with two attached hydrogens (primary N) is 1. The molecule has 4 heteroatoms. The van der Waals surface area contributed by atoms with Crippen molar-refractivity contribution in [3.05, 3.63) is 23.9 Å². The molecule has 1 aliphatic rings. The lowest BCUT2D eigenvalue weighted by atomic mass is 9.84. The van der Waals surface area contributed by atoms with Gasteiger partial charge in [0.25, 0.3) is 0 Å². The number of hydrogen-bond acceptors (Lipinski definition) is 4. The van der Waals surface area contributed by atoms with Gasteiger partial charge in [0, 0.05) is 18.2 Å². The van der Waals surface area contributed by atoms with Crippen molar-refractivity contribution in [2.24, 2.45) is 0 Å². The highest BCUT2D eigenvalue weighted by atomic mass is 16.3. The topological polar surface area (TPSA) is 62.4 Å². The molecule has 0 spiro atoms. The minimum atomic E-state index is -0.341. The predicted molar refractivity (Wildman–Crippen MR) is 82.5 cm³/mol. The number of nitrogen functional groups attached to an aromatic ring is 1. The Morgan fingerprint density at radius 3 is 2.55 bits per heavy atom. The molecule has 1 unspecified atom stereocenters. The van der Waals surface area contributed by atoms with E-state index in [4.69, 9.17) is 5.73 Å². The largest absolute Gasteiger partial charge is 0.391 e. The predicted octanol–water partition coefficient (Wildman–Crippen LogP) is 2.22. The molecule has 0 radical (unpaired) electrons. The highest BCUT2D eigenvalue weighted by molar-refractivity contribution is 5.32. The van der Waals surface area contributed by atoms with Crippen molar-refractivity contribution in [3.63, 3.8) is 0 Å². The van der Waals surface area contributed by atoms with Gasteiger partial charge in [-0.05, 0) is 43.6 Å². The normalized spacial score (nSPS) is 19.4. The Bertz CT molecular complexity index is 425. The molecule has 0 amide bonds. The summed E-state index contributed by atoms with van der Waals surface area (Å²) in [4.78, 5) is 6.45. The van der Waals surface area contributed by atoms with Crippen molar-refractivity contribution >= 4 is 5.82 Å². The molecule has 3 N–H and O–H groups in total. The van der Waals surface area contributed by atoms with Crippen LogP contribution >= 0.6 is 0 Å². The summed E-state index contributed by atoms with van der Waals surface area (Å²) in [6, 6.07) is 3.82. The highest BCUT2D eigenvalue weighted by Crippen LogP contribution is 2.39. The second-order valence-corrected chi connectivity index (χ2v) is 5.79. The van der Waals surface area contributed by atoms with Crippen molar-refractivity contribution in [1.82, 2.24) is 9.88 Å². The van der Waals surface area contributed by atoms with Crippen molar-refractivity contribution in [2.45, 2.75) is 57.6 Å². The molecule has 2 rings (SSSR count). The molecule has 1 fully saturated rings. The van der Waals surface area contributed by atoms with Gasteiger partial charge in [0.2, 0.25) is 0 Å². The van der Waals surface area contributed by atoms with Gasteiger partial charge in [-0.2, -0.15) is 0 Å². The van der Waals surface area contributed by atoms with Crippen molar-refractivity contribution in [1.29, 1.82) is 0 Å². The highest BCUT2D eigenvalue weighted by Gasteiger charge is 2.44. The lowest BCUT2D eigenvalue weighted by Crippen LogP contribution is -2.55. The average molecular weight is 277 g/mol. The van der Waals surface area contributed by atoms with Gasteiger partial charge in [0.1, 0.15) is 5.82 Å². The molecule has 1 aromatic heterocycles. The molecule has 1 aliphatic carbocycles. The van der Waals surface area contributed by atoms with Gasteiger partial charge < -0.3 is 10.8 Å². The number of hydrogen-bond donors (Lipinski definition) is 2. The maximum atomic E-state index is 10.9. The molecule has 0 saturated heterocycles. The Balaban J connectivity index is 2.17. The van der Waals surface area contributed by atoms with Gasteiger partial charge in [-0.15, -0.1) is 0 Å². The molecule has 1 atom stereocenters. The Morgan fingerprint density at radius 1 is 1.35 bits per heavy atom. The lowest BCUT2D eigenvalue weighted by Gasteiger charge is -2.44. The van der Waals surface area contributed by atoms with Crippen molar-refractivity contribution in [3.8, 4) is 0 Å².